The van der Waals surface area contributed by atoms with Crippen LogP contribution >= 0.6 is 0 Å². The number of benzene rings is 1. The molecule has 106 valence electrons. The molecule has 3 nitrogen and oxygen atoms in total. The molecule has 0 aliphatic carbocycles. The van der Waals surface area contributed by atoms with Crippen LogP contribution in [-0.2, 0) is 4.79 Å². The smallest absolute Gasteiger partial charge is 0.314 e. The van der Waals surface area contributed by atoms with Crippen LogP contribution in [0.3, 0.4) is 0 Å². The summed E-state index contributed by atoms with van der Waals surface area (Å²) in [6.45, 7) is 10.8. The number of hydrogen-bond donors (Lipinski definition) is 0. The average Bonchev–Trinajstić information content (AvgIpc) is 2.29. The van der Waals surface area contributed by atoms with E-state index in [0.717, 1.165) is 12.2 Å². The molecule has 1 aromatic rings. The van der Waals surface area contributed by atoms with Crippen LogP contribution in [0.25, 0.3) is 0 Å². The van der Waals surface area contributed by atoms with Gasteiger partial charge in [-0.3, -0.25) is 4.79 Å². The molecule has 0 bridgehead atoms. The maximum atomic E-state index is 11.9. The minimum Gasteiger partial charge on any atom is -0.494 e. The van der Waals surface area contributed by atoms with Gasteiger partial charge in [0.25, 0.3) is 0 Å². The number of esters is 1. The Hall–Kier alpha value is -1.51. The van der Waals surface area contributed by atoms with Crippen LogP contribution < -0.4 is 9.47 Å². The lowest BCUT2D eigenvalue weighted by Gasteiger charge is -2.21. The maximum absolute atomic E-state index is 11.9. The molecule has 0 aromatic heterocycles. The fourth-order valence-corrected chi connectivity index (χ4v) is 1.99. The highest BCUT2D eigenvalue weighted by Gasteiger charge is 2.22. The Morgan fingerprint density at radius 2 is 1.68 bits per heavy atom. The van der Waals surface area contributed by atoms with Crippen molar-refractivity contribution in [3.05, 3.63) is 24.3 Å². The van der Waals surface area contributed by atoms with E-state index in [4.69, 9.17) is 9.47 Å². The third-order valence-corrected chi connectivity index (χ3v) is 2.67. The fraction of sp³-hybridized carbons (Fsp3) is 0.562. The van der Waals surface area contributed by atoms with Gasteiger partial charge in [0.2, 0.25) is 0 Å². The van der Waals surface area contributed by atoms with Crippen molar-refractivity contribution in [2.24, 2.45) is 11.3 Å². The molecule has 0 aliphatic heterocycles. The molecule has 0 radical (unpaired) electrons. The normalized spacial score (nSPS) is 12.9. The van der Waals surface area contributed by atoms with Crippen molar-refractivity contribution >= 4 is 5.97 Å². The van der Waals surface area contributed by atoms with Gasteiger partial charge >= 0.3 is 5.97 Å². The second-order valence-corrected chi connectivity index (χ2v) is 5.99. The molecule has 0 fully saturated rings. The molecule has 0 spiro atoms. The minimum absolute atomic E-state index is 0.105. The lowest BCUT2D eigenvalue weighted by Crippen LogP contribution is -2.22. The van der Waals surface area contributed by atoms with Crippen molar-refractivity contribution in [3.8, 4) is 11.5 Å². The van der Waals surface area contributed by atoms with E-state index < -0.39 is 0 Å². The van der Waals surface area contributed by atoms with Gasteiger partial charge in [-0.25, -0.2) is 0 Å². The Kier molecular flexibility index (Phi) is 5.40. The monoisotopic (exact) mass is 264 g/mol. The summed E-state index contributed by atoms with van der Waals surface area (Å²) in [5.41, 5.74) is 0.122. The van der Waals surface area contributed by atoms with Gasteiger partial charge in [0.1, 0.15) is 11.5 Å². The SMILES string of the molecule is CCOc1ccc(OC(=O)C(C)CC(C)(C)C)cc1. The summed E-state index contributed by atoms with van der Waals surface area (Å²) in [5, 5.41) is 0. The third-order valence-electron chi connectivity index (χ3n) is 2.67. The van der Waals surface area contributed by atoms with Crippen molar-refractivity contribution in [2.75, 3.05) is 6.61 Å². The number of carbonyl (C=O) groups excluding carboxylic acids is 1. The molecule has 0 N–H and O–H groups in total. The molecular formula is C16H24O3. The molecule has 3 heteroatoms. The first kappa shape index (κ1) is 15.5. The highest BCUT2D eigenvalue weighted by atomic mass is 16.5. The Bertz CT molecular complexity index is 401. The van der Waals surface area contributed by atoms with Gasteiger partial charge < -0.3 is 9.47 Å². The van der Waals surface area contributed by atoms with Crippen LogP contribution in [0.1, 0.15) is 41.0 Å². The van der Waals surface area contributed by atoms with E-state index in [9.17, 15) is 4.79 Å². The standard InChI is InChI=1S/C16H24O3/c1-6-18-13-7-9-14(10-8-13)19-15(17)12(2)11-16(3,4)5/h7-10,12H,6,11H2,1-5H3. The number of carbonyl (C=O) groups is 1. The predicted octanol–water partition coefficient (Wildman–Crippen LogP) is 4.06. The largest absolute Gasteiger partial charge is 0.494 e. The van der Waals surface area contributed by atoms with Crippen molar-refractivity contribution < 1.29 is 14.3 Å². The van der Waals surface area contributed by atoms with E-state index in [2.05, 4.69) is 20.8 Å². The molecule has 1 rings (SSSR count). The molecule has 0 saturated carbocycles. The fourth-order valence-electron chi connectivity index (χ4n) is 1.99. The second kappa shape index (κ2) is 6.60. The highest BCUT2D eigenvalue weighted by molar-refractivity contribution is 5.74. The zero-order valence-corrected chi connectivity index (χ0v) is 12.5. The summed E-state index contributed by atoms with van der Waals surface area (Å²) < 4.78 is 10.7. The molecule has 0 amide bonds. The third kappa shape index (κ3) is 5.77. The van der Waals surface area contributed by atoms with Gasteiger partial charge in [0.05, 0.1) is 12.5 Å². The van der Waals surface area contributed by atoms with Crippen LogP contribution in [0, 0.1) is 11.3 Å². The summed E-state index contributed by atoms with van der Waals surface area (Å²) in [7, 11) is 0. The van der Waals surface area contributed by atoms with Gasteiger partial charge in [-0.1, -0.05) is 27.7 Å². The van der Waals surface area contributed by atoms with Crippen LogP contribution in [0.2, 0.25) is 0 Å². The van der Waals surface area contributed by atoms with E-state index in [-0.39, 0.29) is 17.3 Å². The zero-order chi connectivity index (χ0) is 14.5. The Labute approximate surface area is 115 Å². The summed E-state index contributed by atoms with van der Waals surface area (Å²) in [6, 6.07) is 7.13. The van der Waals surface area contributed by atoms with E-state index in [1.54, 1.807) is 24.3 Å². The molecule has 1 aromatic carbocycles. The first-order valence-electron chi connectivity index (χ1n) is 6.76. The van der Waals surface area contributed by atoms with E-state index in [0.29, 0.717) is 12.4 Å². The van der Waals surface area contributed by atoms with Crippen molar-refractivity contribution in [1.29, 1.82) is 0 Å². The second-order valence-electron chi connectivity index (χ2n) is 5.99. The van der Waals surface area contributed by atoms with Gasteiger partial charge in [0, 0.05) is 0 Å². The van der Waals surface area contributed by atoms with Crippen LogP contribution in [0.5, 0.6) is 11.5 Å². The maximum Gasteiger partial charge on any atom is 0.314 e. The lowest BCUT2D eigenvalue weighted by atomic mass is 9.85. The summed E-state index contributed by atoms with van der Waals surface area (Å²) in [5.74, 6) is 1.06. The lowest BCUT2D eigenvalue weighted by molar-refractivity contribution is -0.139. The summed E-state index contributed by atoms with van der Waals surface area (Å²) in [6.07, 6.45) is 0.808. The molecule has 1 unspecified atom stereocenters. The van der Waals surface area contributed by atoms with Gasteiger partial charge in [-0.2, -0.15) is 0 Å². The van der Waals surface area contributed by atoms with Gasteiger partial charge in [-0.15, -0.1) is 0 Å². The Morgan fingerprint density at radius 1 is 1.16 bits per heavy atom. The molecule has 0 aliphatic rings. The number of rotatable bonds is 5. The van der Waals surface area contributed by atoms with Crippen LogP contribution in [0.4, 0.5) is 0 Å². The zero-order valence-electron chi connectivity index (χ0n) is 12.5. The average molecular weight is 264 g/mol. The van der Waals surface area contributed by atoms with Gasteiger partial charge in [-0.05, 0) is 43.0 Å². The quantitative estimate of drug-likeness (QED) is 0.594. The van der Waals surface area contributed by atoms with E-state index in [1.807, 2.05) is 13.8 Å². The molecule has 0 heterocycles. The Balaban J connectivity index is 2.56. The van der Waals surface area contributed by atoms with E-state index >= 15 is 0 Å². The first-order chi connectivity index (χ1) is 8.81. The molecular weight excluding hydrogens is 240 g/mol. The number of hydrogen-bond acceptors (Lipinski definition) is 3. The predicted molar refractivity (Wildman–Crippen MR) is 76.5 cm³/mol. The minimum atomic E-state index is -0.181. The molecule has 0 saturated heterocycles. The summed E-state index contributed by atoms with van der Waals surface area (Å²) >= 11 is 0. The Morgan fingerprint density at radius 3 is 2.16 bits per heavy atom. The number of ether oxygens (including phenoxy) is 2. The van der Waals surface area contributed by atoms with Crippen molar-refractivity contribution in [1.82, 2.24) is 0 Å². The van der Waals surface area contributed by atoms with Crippen LogP contribution in [-0.4, -0.2) is 12.6 Å². The van der Waals surface area contributed by atoms with Crippen molar-refractivity contribution in [3.63, 3.8) is 0 Å². The first-order valence-corrected chi connectivity index (χ1v) is 6.76. The van der Waals surface area contributed by atoms with Crippen molar-refractivity contribution in [2.45, 2.75) is 41.0 Å². The van der Waals surface area contributed by atoms with Crippen LogP contribution in [0.15, 0.2) is 24.3 Å². The van der Waals surface area contributed by atoms with Gasteiger partial charge in [0.15, 0.2) is 0 Å². The van der Waals surface area contributed by atoms with E-state index in [1.165, 1.54) is 0 Å². The molecule has 19 heavy (non-hydrogen) atoms. The highest BCUT2D eigenvalue weighted by Crippen LogP contribution is 2.26. The molecule has 1 atom stereocenters. The topological polar surface area (TPSA) is 35.5 Å². The summed E-state index contributed by atoms with van der Waals surface area (Å²) in [4.78, 5) is 11.9.